The molecule has 0 saturated carbocycles. The summed E-state index contributed by atoms with van der Waals surface area (Å²) in [7, 11) is 3.21. The molecule has 6 nitrogen and oxygen atoms in total. The van der Waals surface area contributed by atoms with E-state index in [4.69, 9.17) is 15.2 Å². The minimum atomic E-state index is 0. The van der Waals surface area contributed by atoms with E-state index in [9.17, 15) is 0 Å². The van der Waals surface area contributed by atoms with E-state index in [1.165, 1.54) is 22.0 Å². The van der Waals surface area contributed by atoms with Crippen LogP contribution in [-0.4, -0.2) is 31.7 Å². The minimum Gasteiger partial charge on any atom is -0.493 e. The van der Waals surface area contributed by atoms with Gasteiger partial charge in [0.15, 0.2) is 17.5 Å². The summed E-state index contributed by atoms with van der Waals surface area (Å²) in [5.41, 5.74) is 10.6. The molecule has 1 aromatic heterocycles. The second kappa shape index (κ2) is 10.2. The van der Waals surface area contributed by atoms with Crippen molar-refractivity contribution in [1.29, 1.82) is 0 Å². The number of hydrogen-bond acceptors (Lipinski definition) is 3. The molecule has 3 aromatic rings. The highest BCUT2D eigenvalue weighted by Crippen LogP contribution is 2.29. The summed E-state index contributed by atoms with van der Waals surface area (Å²) in [4.78, 5) is 7.83. The van der Waals surface area contributed by atoms with Crippen LogP contribution in [0.15, 0.2) is 47.6 Å². The fraction of sp³-hybridized carbons (Fsp3) is 0.286. The number of nitrogens with one attached hydrogen (secondary N) is 2. The Hall–Kier alpha value is -2.42. The summed E-state index contributed by atoms with van der Waals surface area (Å²) in [5, 5.41) is 4.35. The van der Waals surface area contributed by atoms with Crippen molar-refractivity contribution in [2.24, 2.45) is 10.7 Å². The van der Waals surface area contributed by atoms with Crippen LogP contribution in [0, 0.1) is 0 Å². The van der Waals surface area contributed by atoms with Crippen LogP contribution in [0.4, 0.5) is 5.69 Å². The molecule has 0 bridgehead atoms. The number of aromatic amines is 1. The predicted molar refractivity (Wildman–Crippen MR) is 126 cm³/mol. The van der Waals surface area contributed by atoms with Crippen LogP contribution in [0.1, 0.15) is 18.1 Å². The topological polar surface area (TPSA) is 84.7 Å². The molecule has 0 fully saturated rings. The maximum Gasteiger partial charge on any atom is 0.193 e. The average molecular weight is 494 g/mol. The third kappa shape index (κ3) is 4.89. The van der Waals surface area contributed by atoms with Gasteiger partial charge in [-0.1, -0.05) is 25.1 Å². The van der Waals surface area contributed by atoms with Gasteiger partial charge in [-0.15, -0.1) is 24.0 Å². The Labute approximate surface area is 182 Å². The molecule has 0 aliphatic heterocycles. The highest BCUT2D eigenvalue weighted by molar-refractivity contribution is 14.0. The lowest BCUT2D eigenvalue weighted by Gasteiger charge is -2.10. The SMILES string of the molecule is CCc1cccc2c(CCN=C(N)Nc3ccc(OC)c(OC)c3)c[nH]c12.I. The number of ether oxygens (including phenoxy) is 2. The number of halogens is 1. The summed E-state index contributed by atoms with van der Waals surface area (Å²) < 4.78 is 10.5. The van der Waals surface area contributed by atoms with E-state index in [-0.39, 0.29) is 24.0 Å². The van der Waals surface area contributed by atoms with Gasteiger partial charge in [0.25, 0.3) is 0 Å². The van der Waals surface area contributed by atoms with Crippen LogP contribution >= 0.6 is 24.0 Å². The normalized spacial score (nSPS) is 11.2. The molecule has 0 spiro atoms. The molecule has 150 valence electrons. The number of H-pyrrole nitrogens is 1. The molecule has 1 heterocycles. The van der Waals surface area contributed by atoms with Crippen molar-refractivity contribution in [2.75, 3.05) is 26.1 Å². The molecule has 3 rings (SSSR count). The first-order valence-electron chi connectivity index (χ1n) is 9.03. The Morgan fingerprint density at radius 2 is 1.89 bits per heavy atom. The molecular formula is C21H27IN4O2. The van der Waals surface area contributed by atoms with Crippen molar-refractivity contribution in [2.45, 2.75) is 19.8 Å². The quantitative estimate of drug-likeness (QED) is 0.259. The van der Waals surface area contributed by atoms with E-state index in [0.29, 0.717) is 24.0 Å². The molecule has 7 heteroatoms. The zero-order chi connectivity index (χ0) is 19.2. The third-order valence-electron chi connectivity index (χ3n) is 4.59. The van der Waals surface area contributed by atoms with Crippen molar-refractivity contribution >= 4 is 46.5 Å². The zero-order valence-corrected chi connectivity index (χ0v) is 18.7. The van der Waals surface area contributed by atoms with E-state index in [1.54, 1.807) is 14.2 Å². The van der Waals surface area contributed by atoms with E-state index in [0.717, 1.165) is 18.5 Å². The molecule has 28 heavy (non-hydrogen) atoms. The number of hydrogen-bond donors (Lipinski definition) is 3. The standard InChI is InChI=1S/C21H26N4O2.HI/c1-4-14-6-5-7-17-15(13-24-20(14)17)10-11-23-21(22)25-16-8-9-18(26-2)19(12-16)27-3;/h5-9,12-13,24H,4,10-11H2,1-3H3,(H3,22,23,25);1H. The van der Waals surface area contributed by atoms with Crippen LogP contribution in [0.3, 0.4) is 0 Å². The Bertz CT molecular complexity index is 953. The second-order valence-corrected chi connectivity index (χ2v) is 6.22. The number of fused-ring (bicyclic) bond motifs is 1. The first-order chi connectivity index (χ1) is 13.2. The van der Waals surface area contributed by atoms with Crippen LogP contribution in [0.2, 0.25) is 0 Å². The number of nitrogens with two attached hydrogens (primary N) is 1. The van der Waals surface area contributed by atoms with Gasteiger partial charge in [-0.3, -0.25) is 4.99 Å². The van der Waals surface area contributed by atoms with Gasteiger partial charge in [0.1, 0.15) is 0 Å². The predicted octanol–water partition coefficient (Wildman–Crippen LogP) is 4.33. The Morgan fingerprint density at radius 1 is 1.11 bits per heavy atom. The number of aryl methyl sites for hydroxylation is 1. The minimum absolute atomic E-state index is 0. The maximum absolute atomic E-state index is 6.02. The van der Waals surface area contributed by atoms with Gasteiger partial charge in [-0.05, 0) is 36.1 Å². The molecule has 0 aliphatic carbocycles. The van der Waals surface area contributed by atoms with Gasteiger partial charge >= 0.3 is 0 Å². The van der Waals surface area contributed by atoms with Crippen molar-refractivity contribution in [3.63, 3.8) is 0 Å². The first kappa shape index (κ1) is 21.9. The summed E-state index contributed by atoms with van der Waals surface area (Å²) in [5.74, 6) is 1.68. The van der Waals surface area contributed by atoms with Gasteiger partial charge < -0.3 is 25.5 Å². The Kier molecular flexibility index (Phi) is 7.98. The molecule has 2 aromatic carbocycles. The van der Waals surface area contributed by atoms with Crippen LogP contribution in [-0.2, 0) is 12.8 Å². The first-order valence-corrected chi connectivity index (χ1v) is 9.03. The van der Waals surface area contributed by atoms with Gasteiger partial charge in [-0.2, -0.15) is 0 Å². The molecule has 0 atom stereocenters. The Balaban J connectivity index is 0.00000280. The number of guanidine groups is 1. The highest BCUT2D eigenvalue weighted by atomic mass is 127. The van der Waals surface area contributed by atoms with E-state index >= 15 is 0 Å². The number of rotatable bonds is 7. The molecule has 0 aliphatic rings. The fourth-order valence-electron chi connectivity index (χ4n) is 3.17. The summed E-state index contributed by atoms with van der Waals surface area (Å²) in [6.07, 6.45) is 3.90. The zero-order valence-electron chi connectivity index (χ0n) is 16.4. The van der Waals surface area contributed by atoms with Gasteiger partial charge in [0, 0.05) is 35.4 Å². The Morgan fingerprint density at radius 3 is 2.61 bits per heavy atom. The lowest BCUT2D eigenvalue weighted by molar-refractivity contribution is 0.355. The summed E-state index contributed by atoms with van der Waals surface area (Å²) in [6, 6.07) is 11.9. The molecular weight excluding hydrogens is 467 g/mol. The second-order valence-electron chi connectivity index (χ2n) is 6.22. The van der Waals surface area contributed by atoms with Crippen LogP contribution in [0.5, 0.6) is 11.5 Å². The number of methoxy groups -OCH3 is 2. The van der Waals surface area contributed by atoms with Crippen LogP contribution in [0.25, 0.3) is 10.9 Å². The van der Waals surface area contributed by atoms with Gasteiger partial charge in [0.05, 0.1) is 14.2 Å². The number of aromatic nitrogens is 1. The monoisotopic (exact) mass is 494 g/mol. The van der Waals surface area contributed by atoms with Crippen molar-refractivity contribution in [3.8, 4) is 11.5 Å². The van der Waals surface area contributed by atoms with E-state index < -0.39 is 0 Å². The van der Waals surface area contributed by atoms with E-state index in [2.05, 4.69) is 46.6 Å². The number of aliphatic imine (C=N–C) groups is 1. The molecule has 0 radical (unpaired) electrons. The summed E-state index contributed by atoms with van der Waals surface area (Å²) >= 11 is 0. The van der Waals surface area contributed by atoms with E-state index in [1.807, 2.05) is 18.2 Å². The average Bonchev–Trinajstić information content (AvgIpc) is 3.11. The van der Waals surface area contributed by atoms with Crippen LogP contribution < -0.4 is 20.5 Å². The number of benzene rings is 2. The molecule has 0 saturated heterocycles. The number of anilines is 1. The molecule has 0 unspecified atom stereocenters. The molecule has 4 N–H and O–H groups in total. The lowest BCUT2D eigenvalue weighted by atomic mass is 10.1. The van der Waals surface area contributed by atoms with Crippen molar-refractivity contribution in [3.05, 3.63) is 53.7 Å². The number of nitrogens with zero attached hydrogens (tertiary/aromatic N) is 1. The lowest BCUT2D eigenvalue weighted by Crippen LogP contribution is -2.23. The number of para-hydroxylation sites is 1. The van der Waals surface area contributed by atoms with Crippen molar-refractivity contribution < 1.29 is 9.47 Å². The maximum atomic E-state index is 6.02. The fourth-order valence-corrected chi connectivity index (χ4v) is 3.17. The van der Waals surface area contributed by atoms with Gasteiger partial charge in [-0.25, -0.2) is 0 Å². The largest absolute Gasteiger partial charge is 0.493 e. The smallest absolute Gasteiger partial charge is 0.193 e. The highest BCUT2D eigenvalue weighted by Gasteiger charge is 2.07. The van der Waals surface area contributed by atoms with Gasteiger partial charge in [0.2, 0.25) is 0 Å². The van der Waals surface area contributed by atoms with Crippen molar-refractivity contribution in [1.82, 2.24) is 4.98 Å². The molecule has 0 amide bonds. The summed E-state index contributed by atoms with van der Waals surface area (Å²) in [6.45, 7) is 2.77. The third-order valence-corrected chi connectivity index (χ3v) is 4.59.